The predicted octanol–water partition coefficient (Wildman–Crippen LogP) is 1.67. The van der Waals surface area contributed by atoms with Gasteiger partial charge in [-0.2, -0.15) is 0 Å². The Hall–Kier alpha value is -1.07. The largest absolute Gasteiger partial charge is 0.383 e. The number of ether oxygens (including phenoxy) is 1. The van der Waals surface area contributed by atoms with E-state index >= 15 is 0 Å². The molecule has 0 unspecified atom stereocenters. The van der Waals surface area contributed by atoms with Gasteiger partial charge in [0.05, 0.1) is 6.61 Å². The van der Waals surface area contributed by atoms with Crippen LogP contribution < -0.4 is 5.32 Å². The van der Waals surface area contributed by atoms with Crippen LogP contribution in [0.15, 0.2) is 12.4 Å². The number of imidazole rings is 1. The third-order valence-corrected chi connectivity index (χ3v) is 3.96. The van der Waals surface area contributed by atoms with Crippen LogP contribution in [0, 0.1) is 5.92 Å². The molecule has 5 heteroatoms. The van der Waals surface area contributed by atoms with Gasteiger partial charge in [0.2, 0.25) is 5.95 Å². The number of nitrogens with one attached hydrogen (secondary N) is 1. The number of piperidine rings is 1. The number of nitrogens with zero attached hydrogens (tertiary/aromatic N) is 3. The molecule has 2 heterocycles. The molecule has 1 aliphatic rings. The first-order chi connectivity index (χ1) is 9.33. The van der Waals surface area contributed by atoms with E-state index in [4.69, 9.17) is 4.74 Å². The summed E-state index contributed by atoms with van der Waals surface area (Å²) in [6, 6.07) is 0. The lowest BCUT2D eigenvalue weighted by molar-refractivity contribution is 0.187. The molecular formula is C14H26N4O. The molecule has 0 amide bonds. The molecule has 108 valence electrons. The quantitative estimate of drug-likeness (QED) is 0.815. The van der Waals surface area contributed by atoms with E-state index in [1.54, 1.807) is 7.11 Å². The van der Waals surface area contributed by atoms with Crippen molar-refractivity contribution < 1.29 is 4.74 Å². The molecule has 0 atom stereocenters. The third kappa shape index (κ3) is 4.21. The fourth-order valence-corrected chi connectivity index (χ4v) is 2.59. The maximum absolute atomic E-state index is 5.11. The van der Waals surface area contributed by atoms with Crippen molar-refractivity contribution in [2.75, 3.05) is 45.2 Å². The molecule has 1 N–H and O–H groups in total. The second kappa shape index (κ2) is 7.50. The molecule has 1 fully saturated rings. The van der Waals surface area contributed by atoms with Gasteiger partial charge in [0.15, 0.2) is 0 Å². The van der Waals surface area contributed by atoms with Crippen LogP contribution in [0.4, 0.5) is 5.95 Å². The molecule has 1 aromatic heterocycles. The first-order valence-corrected chi connectivity index (χ1v) is 7.29. The van der Waals surface area contributed by atoms with Crippen LogP contribution >= 0.6 is 0 Å². The maximum atomic E-state index is 5.11. The predicted molar refractivity (Wildman–Crippen MR) is 77.4 cm³/mol. The van der Waals surface area contributed by atoms with Crippen LogP contribution in [0.5, 0.6) is 0 Å². The highest BCUT2D eigenvalue weighted by Crippen LogP contribution is 2.17. The summed E-state index contributed by atoms with van der Waals surface area (Å²) in [6.45, 7) is 8.50. The normalized spacial score (nSPS) is 17.8. The molecule has 1 saturated heterocycles. The minimum atomic E-state index is 0.722. The monoisotopic (exact) mass is 266 g/mol. The topological polar surface area (TPSA) is 42.3 Å². The third-order valence-electron chi connectivity index (χ3n) is 3.96. The van der Waals surface area contributed by atoms with Crippen molar-refractivity contribution in [2.45, 2.75) is 26.3 Å². The number of aromatic nitrogens is 2. The first-order valence-electron chi connectivity index (χ1n) is 7.29. The van der Waals surface area contributed by atoms with Gasteiger partial charge in [-0.15, -0.1) is 0 Å². The Morgan fingerprint density at radius 1 is 1.42 bits per heavy atom. The molecule has 19 heavy (non-hydrogen) atoms. The summed E-state index contributed by atoms with van der Waals surface area (Å²) in [7, 11) is 1.73. The van der Waals surface area contributed by atoms with Gasteiger partial charge >= 0.3 is 0 Å². The van der Waals surface area contributed by atoms with Crippen molar-refractivity contribution in [1.29, 1.82) is 0 Å². The second-order valence-electron chi connectivity index (χ2n) is 5.20. The fraction of sp³-hybridized carbons (Fsp3) is 0.786. The number of rotatable bonds is 7. The lowest BCUT2D eigenvalue weighted by atomic mass is 9.97. The number of likely N-dealkylation sites (tertiary alicyclic amines) is 1. The highest BCUT2D eigenvalue weighted by Gasteiger charge is 2.18. The van der Waals surface area contributed by atoms with Gasteiger partial charge < -0.3 is 19.5 Å². The van der Waals surface area contributed by atoms with Gasteiger partial charge in [-0.1, -0.05) is 6.92 Å². The highest BCUT2D eigenvalue weighted by atomic mass is 16.5. The average molecular weight is 266 g/mol. The highest BCUT2D eigenvalue weighted by molar-refractivity contribution is 5.25. The van der Waals surface area contributed by atoms with Crippen molar-refractivity contribution in [3.63, 3.8) is 0 Å². The van der Waals surface area contributed by atoms with E-state index in [0.29, 0.717) is 0 Å². The van der Waals surface area contributed by atoms with Crippen molar-refractivity contribution in [1.82, 2.24) is 14.5 Å². The summed E-state index contributed by atoms with van der Waals surface area (Å²) in [4.78, 5) is 6.89. The van der Waals surface area contributed by atoms with Crippen LogP contribution in [-0.2, 0) is 11.3 Å². The van der Waals surface area contributed by atoms with Crippen LogP contribution in [0.25, 0.3) is 0 Å². The van der Waals surface area contributed by atoms with Crippen LogP contribution in [0.3, 0.4) is 0 Å². The van der Waals surface area contributed by atoms with E-state index in [2.05, 4.69) is 26.7 Å². The lowest BCUT2D eigenvalue weighted by Crippen LogP contribution is -2.35. The molecule has 0 saturated carbocycles. The van der Waals surface area contributed by atoms with Gasteiger partial charge in [-0.3, -0.25) is 0 Å². The number of anilines is 1. The van der Waals surface area contributed by atoms with Gasteiger partial charge in [0, 0.05) is 32.6 Å². The Morgan fingerprint density at radius 3 is 2.89 bits per heavy atom. The molecule has 1 aromatic rings. The Bertz CT molecular complexity index is 358. The Labute approximate surface area is 116 Å². The fourth-order valence-electron chi connectivity index (χ4n) is 2.59. The van der Waals surface area contributed by atoms with Gasteiger partial charge in [0.1, 0.15) is 0 Å². The van der Waals surface area contributed by atoms with Crippen molar-refractivity contribution in [3.05, 3.63) is 12.4 Å². The molecule has 0 spiro atoms. The molecular weight excluding hydrogens is 240 g/mol. The Kier molecular flexibility index (Phi) is 5.66. The van der Waals surface area contributed by atoms with E-state index in [-0.39, 0.29) is 0 Å². The van der Waals surface area contributed by atoms with E-state index in [0.717, 1.165) is 31.6 Å². The summed E-state index contributed by atoms with van der Waals surface area (Å²) in [5.41, 5.74) is 0. The summed E-state index contributed by atoms with van der Waals surface area (Å²) in [6.07, 6.45) is 6.43. The summed E-state index contributed by atoms with van der Waals surface area (Å²) in [5.74, 6) is 1.74. The zero-order valence-corrected chi connectivity index (χ0v) is 12.1. The Balaban J connectivity index is 1.75. The van der Waals surface area contributed by atoms with Crippen LogP contribution in [-0.4, -0.2) is 54.3 Å². The van der Waals surface area contributed by atoms with Gasteiger partial charge in [-0.05, 0) is 38.4 Å². The van der Waals surface area contributed by atoms with Crippen molar-refractivity contribution in [3.8, 4) is 0 Å². The maximum Gasteiger partial charge on any atom is 0.202 e. The zero-order valence-electron chi connectivity index (χ0n) is 12.1. The Morgan fingerprint density at radius 2 is 2.21 bits per heavy atom. The summed E-state index contributed by atoms with van der Waals surface area (Å²) >= 11 is 0. The lowest BCUT2D eigenvalue weighted by Gasteiger charge is -2.31. The second-order valence-corrected chi connectivity index (χ2v) is 5.20. The molecule has 1 aliphatic heterocycles. The minimum absolute atomic E-state index is 0.722. The SMILES string of the molecule is CCN1CCC(CNc2nccn2CCOC)CC1. The zero-order chi connectivity index (χ0) is 13.5. The molecule has 2 rings (SSSR count). The smallest absolute Gasteiger partial charge is 0.202 e. The molecule has 0 aliphatic carbocycles. The standard InChI is InChI=1S/C14H26N4O/c1-3-17-7-4-13(5-8-17)12-16-14-15-6-9-18(14)10-11-19-2/h6,9,13H,3-5,7-8,10-12H2,1-2H3,(H,15,16). The van der Waals surface area contributed by atoms with E-state index in [1.165, 1.54) is 32.5 Å². The minimum Gasteiger partial charge on any atom is -0.383 e. The number of methoxy groups -OCH3 is 1. The van der Waals surface area contributed by atoms with Crippen molar-refractivity contribution in [2.24, 2.45) is 5.92 Å². The first kappa shape index (κ1) is 14.3. The van der Waals surface area contributed by atoms with E-state index < -0.39 is 0 Å². The van der Waals surface area contributed by atoms with Gasteiger partial charge in [-0.25, -0.2) is 4.98 Å². The van der Waals surface area contributed by atoms with Crippen molar-refractivity contribution >= 4 is 5.95 Å². The van der Waals surface area contributed by atoms with E-state index in [1.807, 2.05) is 12.4 Å². The van der Waals surface area contributed by atoms with Crippen LogP contribution in [0.2, 0.25) is 0 Å². The average Bonchev–Trinajstić information content (AvgIpc) is 2.91. The molecule has 0 bridgehead atoms. The van der Waals surface area contributed by atoms with Crippen LogP contribution in [0.1, 0.15) is 19.8 Å². The number of hydrogen-bond acceptors (Lipinski definition) is 4. The summed E-state index contributed by atoms with van der Waals surface area (Å²) < 4.78 is 7.22. The molecule has 0 aromatic carbocycles. The molecule has 5 nitrogen and oxygen atoms in total. The number of hydrogen-bond donors (Lipinski definition) is 1. The summed E-state index contributed by atoms with van der Waals surface area (Å²) in [5, 5.41) is 3.48. The van der Waals surface area contributed by atoms with E-state index in [9.17, 15) is 0 Å². The molecule has 0 radical (unpaired) electrons. The van der Waals surface area contributed by atoms with Gasteiger partial charge in [0.25, 0.3) is 0 Å².